The van der Waals surface area contributed by atoms with E-state index in [9.17, 15) is 9.59 Å². The van der Waals surface area contributed by atoms with Crippen LogP contribution in [-0.2, 0) is 29.0 Å². The number of benzene rings is 2. The summed E-state index contributed by atoms with van der Waals surface area (Å²) in [7, 11) is 1.39. The number of aryl methyl sites for hydroxylation is 1. The molecule has 0 fully saturated rings. The predicted molar refractivity (Wildman–Crippen MR) is 132 cm³/mol. The zero-order chi connectivity index (χ0) is 24.8. The van der Waals surface area contributed by atoms with Crippen LogP contribution in [-0.4, -0.2) is 38.3 Å². The van der Waals surface area contributed by atoms with E-state index >= 15 is 0 Å². The molecule has 0 aliphatic carbocycles. The van der Waals surface area contributed by atoms with Gasteiger partial charge in [0.25, 0.3) is 5.91 Å². The summed E-state index contributed by atoms with van der Waals surface area (Å²) in [6, 6.07) is 15.4. The third kappa shape index (κ3) is 5.66. The second-order valence-electron chi connectivity index (χ2n) is 8.37. The molecule has 2 aromatic carbocycles. The molecular formula is C27H29N5O3. The van der Waals surface area contributed by atoms with Crippen molar-refractivity contribution in [2.75, 3.05) is 7.11 Å². The number of rotatable bonds is 9. The smallest absolute Gasteiger partial charge is 0.305 e. The Kier molecular flexibility index (Phi) is 7.40. The Morgan fingerprint density at radius 2 is 1.77 bits per heavy atom. The minimum absolute atomic E-state index is 0.138. The number of nitrogens with zero attached hydrogens (tertiary/aromatic N) is 4. The maximum atomic E-state index is 12.8. The van der Waals surface area contributed by atoms with Crippen molar-refractivity contribution in [1.82, 2.24) is 24.6 Å². The second kappa shape index (κ2) is 10.8. The van der Waals surface area contributed by atoms with Crippen LogP contribution in [0.2, 0.25) is 0 Å². The topological polar surface area (TPSA) is 91.0 Å². The zero-order valence-corrected chi connectivity index (χ0v) is 20.2. The van der Waals surface area contributed by atoms with E-state index < -0.39 is 0 Å². The number of carbonyl (C=O) groups is 2. The van der Waals surface area contributed by atoms with Gasteiger partial charge < -0.3 is 14.6 Å². The fourth-order valence-corrected chi connectivity index (χ4v) is 4.11. The third-order valence-electron chi connectivity index (χ3n) is 6.09. The van der Waals surface area contributed by atoms with Gasteiger partial charge in [-0.05, 0) is 61.2 Å². The molecule has 0 unspecified atom stereocenters. The number of aromatic nitrogens is 4. The first-order valence-electron chi connectivity index (χ1n) is 11.5. The van der Waals surface area contributed by atoms with Gasteiger partial charge in [0, 0.05) is 43.2 Å². The van der Waals surface area contributed by atoms with E-state index in [1.807, 2.05) is 59.6 Å². The van der Waals surface area contributed by atoms with Crippen LogP contribution in [0.1, 0.15) is 44.9 Å². The lowest BCUT2D eigenvalue weighted by atomic mass is 10.1. The van der Waals surface area contributed by atoms with Crippen LogP contribution in [0, 0.1) is 13.8 Å². The molecule has 2 heterocycles. The van der Waals surface area contributed by atoms with Gasteiger partial charge in [-0.1, -0.05) is 24.3 Å². The summed E-state index contributed by atoms with van der Waals surface area (Å²) in [6.45, 7) is 5.05. The molecule has 0 aliphatic heterocycles. The third-order valence-corrected chi connectivity index (χ3v) is 6.09. The van der Waals surface area contributed by atoms with Crippen molar-refractivity contribution in [2.45, 2.75) is 39.8 Å². The predicted octanol–water partition coefficient (Wildman–Crippen LogP) is 3.77. The fraction of sp³-hybridized carbons (Fsp3) is 0.259. The van der Waals surface area contributed by atoms with Gasteiger partial charge in [-0.3, -0.25) is 9.59 Å². The molecule has 8 nitrogen and oxygen atoms in total. The summed E-state index contributed by atoms with van der Waals surface area (Å²) in [5.41, 5.74) is 6.51. The van der Waals surface area contributed by atoms with Crippen LogP contribution >= 0.6 is 0 Å². The van der Waals surface area contributed by atoms with Gasteiger partial charge in [0.05, 0.1) is 24.8 Å². The van der Waals surface area contributed by atoms with E-state index in [0.717, 1.165) is 33.8 Å². The number of methoxy groups -OCH3 is 1. The van der Waals surface area contributed by atoms with Crippen LogP contribution in [0.4, 0.5) is 0 Å². The normalized spacial score (nSPS) is 10.8. The van der Waals surface area contributed by atoms with Gasteiger partial charge in [0.2, 0.25) is 0 Å². The van der Waals surface area contributed by atoms with Crippen LogP contribution in [0.25, 0.3) is 5.69 Å². The van der Waals surface area contributed by atoms with E-state index in [4.69, 9.17) is 4.74 Å². The van der Waals surface area contributed by atoms with Gasteiger partial charge in [-0.15, -0.1) is 0 Å². The number of esters is 1. The standard InChI is InChI=1S/C27H29N5O3/c1-19-25(12-13-26(33)35-3)20(2)32(30-19)24-10-8-21(9-11-24)27(34)29-16-22-6-4-5-7-23(22)17-31-15-14-28-18-31/h4-11,14-15,18H,12-13,16-17H2,1-3H3,(H,29,34). The molecule has 1 amide bonds. The van der Waals surface area contributed by atoms with Crippen molar-refractivity contribution in [1.29, 1.82) is 0 Å². The SMILES string of the molecule is COC(=O)CCc1c(C)nn(-c2ccc(C(=O)NCc3ccccc3Cn3ccnc3)cc2)c1C. The van der Waals surface area contributed by atoms with Crippen LogP contribution in [0.15, 0.2) is 67.3 Å². The van der Waals surface area contributed by atoms with E-state index in [0.29, 0.717) is 31.5 Å². The largest absolute Gasteiger partial charge is 0.469 e. The number of carbonyl (C=O) groups excluding carboxylic acids is 2. The average molecular weight is 472 g/mol. The fourth-order valence-electron chi connectivity index (χ4n) is 4.11. The summed E-state index contributed by atoms with van der Waals surface area (Å²) in [4.78, 5) is 28.4. The van der Waals surface area contributed by atoms with Gasteiger partial charge in [-0.2, -0.15) is 5.10 Å². The minimum atomic E-state index is -0.240. The molecule has 0 radical (unpaired) electrons. The first-order valence-corrected chi connectivity index (χ1v) is 11.5. The van der Waals surface area contributed by atoms with E-state index in [1.165, 1.54) is 7.11 Å². The lowest BCUT2D eigenvalue weighted by Gasteiger charge is -2.12. The summed E-state index contributed by atoms with van der Waals surface area (Å²) in [5, 5.41) is 7.65. The van der Waals surface area contributed by atoms with E-state index in [-0.39, 0.29) is 11.9 Å². The van der Waals surface area contributed by atoms with Crippen molar-refractivity contribution < 1.29 is 14.3 Å². The highest BCUT2D eigenvalue weighted by Gasteiger charge is 2.15. The summed E-state index contributed by atoms with van der Waals surface area (Å²) in [6.07, 6.45) is 6.34. The molecule has 4 aromatic rings. The Hall–Kier alpha value is -4.20. The van der Waals surface area contributed by atoms with Crippen molar-refractivity contribution in [3.8, 4) is 5.69 Å². The minimum Gasteiger partial charge on any atom is -0.469 e. The van der Waals surface area contributed by atoms with Crippen LogP contribution in [0.5, 0.6) is 0 Å². The number of ether oxygens (including phenoxy) is 1. The summed E-state index contributed by atoms with van der Waals surface area (Å²) in [5.74, 6) is -0.377. The average Bonchev–Trinajstić information content (AvgIpc) is 3.49. The molecule has 180 valence electrons. The van der Waals surface area contributed by atoms with Gasteiger partial charge >= 0.3 is 5.97 Å². The Morgan fingerprint density at radius 1 is 1.03 bits per heavy atom. The van der Waals surface area contributed by atoms with Crippen molar-refractivity contribution >= 4 is 11.9 Å². The molecule has 4 rings (SSSR count). The number of imidazole rings is 1. The maximum absolute atomic E-state index is 12.8. The zero-order valence-electron chi connectivity index (χ0n) is 20.2. The lowest BCUT2D eigenvalue weighted by Crippen LogP contribution is -2.23. The molecule has 1 N–H and O–H groups in total. The lowest BCUT2D eigenvalue weighted by molar-refractivity contribution is -0.140. The Labute approximate surface area is 204 Å². The Morgan fingerprint density at radius 3 is 2.46 bits per heavy atom. The Bertz CT molecular complexity index is 1310. The number of amides is 1. The molecule has 2 aromatic heterocycles. The molecule has 0 aliphatic rings. The highest BCUT2D eigenvalue weighted by molar-refractivity contribution is 5.94. The van der Waals surface area contributed by atoms with E-state index in [2.05, 4.69) is 21.5 Å². The van der Waals surface area contributed by atoms with Crippen LogP contribution in [0.3, 0.4) is 0 Å². The highest BCUT2D eigenvalue weighted by Crippen LogP contribution is 2.20. The van der Waals surface area contributed by atoms with Gasteiger partial charge in [0.1, 0.15) is 0 Å². The van der Waals surface area contributed by atoms with Gasteiger partial charge in [0.15, 0.2) is 0 Å². The highest BCUT2D eigenvalue weighted by atomic mass is 16.5. The summed E-state index contributed by atoms with van der Waals surface area (Å²) < 4.78 is 8.59. The molecule has 8 heteroatoms. The first-order chi connectivity index (χ1) is 17.0. The van der Waals surface area contributed by atoms with Crippen molar-refractivity contribution in [2.24, 2.45) is 0 Å². The molecular weight excluding hydrogens is 442 g/mol. The van der Waals surface area contributed by atoms with Crippen LogP contribution < -0.4 is 5.32 Å². The number of hydrogen-bond donors (Lipinski definition) is 1. The Balaban J connectivity index is 1.42. The number of nitrogens with one attached hydrogen (secondary N) is 1. The molecule has 0 spiro atoms. The monoisotopic (exact) mass is 471 g/mol. The van der Waals surface area contributed by atoms with Crippen molar-refractivity contribution in [3.05, 3.63) is 101 Å². The second-order valence-corrected chi connectivity index (χ2v) is 8.37. The maximum Gasteiger partial charge on any atom is 0.305 e. The molecule has 0 saturated heterocycles. The number of hydrogen-bond acceptors (Lipinski definition) is 5. The van der Waals surface area contributed by atoms with Crippen molar-refractivity contribution in [3.63, 3.8) is 0 Å². The first kappa shape index (κ1) is 23.9. The molecule has 0 atom stereocenters. The molecule has 0 saturated carbocycles. The van der Waals surface area contributed by atoms with Gasteiger partial charge in [-0.25, -0.2) is 9.67 Å². The molecule has 35 heavy (non-hydrogen) atoms. The summed E-state index contributed by atoms with van der Waals surface area (Å²) >= 11 is 0. The van der Waals surface area contributed by atoms with E-state index in [1.54, 1.807) is 24.7 Å². The quantitative estimate of drug-likeness (QED) is 0.375. The molecule has 0 bridgehead atoms.